The highest BCUT2D eigenvalue weighted by molar-refractivity contribution is 5.43. The Hall–Kier alpha value is -1.60. The lowest BCUT2D eigenvalue weighted by Crippen LogP contribution is -2.54. The SMILES string of the molecule is CC(C)c1ccc(C2(c3ccc(C(C)C)cc3)CCN2)cc1. The van der Waals surface area contributed by atoms with E-state index in [-0.39, 0.29) is 5.54 Å². The Balaban J connectivity index is 1.94. The number of nitrogens with one attached hydrogen (secondary N) is 1. The monoisotopic (exact) mass is 293 g/mol. The van der Waals surface area contributed by atoms with E-state index in [1.54, 1.807) is 0 Å². The van der Waals surface area contributed by atoms with Crippen LogP contribution in [-0.4, -0.2) is 6.54 Å². The van der Waals surface area contributed by atoms with E-state index in [9.17, 15) is 0 Å². The predicted octanol–water partition coefficient (Wildman–Crippen LogP) is 5.17. The zero-order chi connectivity index (χ0) is 15.7. The van der Waals surface area contributed by atoms with Crippen LogP contribution in [0.1, 0.15) is 68.2 Å². The number of hydrogen-bond donors (Lipinski definition) is 1. The fourth-order valence-corrected chi connectivity index (χ4v) is 3.34. The molecular weight excluding hydrogens is 266 g/mol. The number of benzene rings is 2. The molecule has 0 radical (unpaired) electrons. The Morgan fingerprint density at radius 2 is 1.09 bits per heavy atom. The van der Waals surface area contributed by atoms with Crippen LogP contribution in [0.15, 0.2) is 48.5 Å². The Morgan fingerprint density at radius 3 is 1.32 bits per heavy atom. The molecule has 1 N–H and O–H groups in total. The van der Waals surface area contributed by atoms with Crippen molar-refractivity contribution in [3.8, 4) is 0 Å². The predicted molar refractivity (Wildman–Crippen MR) is 94.5 cm³/mol. The second-order valence-electron chi connectivity index (χ2n) is 7.14. The third-order valence-corrected chi connectivity index (χ3v) is 5.07. The van der Waals surface area contributed by atoms with E-state index in [1.165, 1.54) is 28.7 Å². The molecule has 1 heteroatoms. The fourth-order valence-electron chi connectivity index (χ4n) is 3.34. The summed E-state index contributed by atoms with van der Waals surface area (Å²) < 4.78 is 0. The molecule has 22 heavy (non-hydrogen) atoms. The average Bonchev–Trinajstić information content (AvgIpc) is 2.47. The van der Waals surface area contributed by atoms with Gasteiger partial charge in [-0.3, -0.25) is 0 Å². The van der Waals surface area contributed by atoms with E-state index in [4.69, 9.17) is 0 Å². The van der Waals surface area contributed by atoms with Crippen molar-refractivity contribution in [1.29, 1.82) is 0 Å². The molecule has 0 unspecified atom stereocenters. The van der Waals surface area contributed by atoms with Crippen LogP contribution in [0, 0.1) is 0 Å². The fraction of sp³-hybridized carbons (Fsp3) is 0.429. The summed E-state index contributed by atoms with van der Waals surface area (Å²) in [6.07, 6.45) is 1.18. The molecule has 0 aliphatic carbocycles. The summed E-state index contributed by atoms with van der Waals surface area (Å²) in [4.78, 5) is 0. The molecule has 0 spiro atoms. The van der Waals surface area contributed by atoms with Gasteiger partial charge in [-0.25, -0.2) is 0 Å². The second kappa shape index (κ2) is 5.89. The van der Waals surface area contributed by atoms with Crippen LogP contribution in [-0.2, 0) is 5.54 Å². The van der Waals surface area contributed by atoms with Crippen LogP contribution < -0.4 is 5.32 Å². The second-order valence-corrected chi connectivity index (χ2v) is 7.14. The molecule has 0 amide bonds. The Kier molecular flexibility index (Phi) is 4.10. The Morgan fingerprint density at radius 1 is 0.727 bits per heavy atom. The van der Waals surface area contributed by atoms with Crippen molar-refractivity contribution >= 4 is 0 Å². The van der Waals surface area contributed by atoms with E-state index < -0.39 is 0 Å². The smallest absolute Gasteiger partial charge is 0.0702 e. The van der Waals surface area contributed by atoms with Crippen LogP contribution in [0.5, 0.6) is 0 Å². The van der Waals surface area contributed by atoms with Gasteiger partial charge < -0.3 is 5.32 Å². The topological polar surface area (TPSA) is 12.0 Å². The van der Waals surface area contributed by atoms with E-state index >= 15 is 0 Å². The maximum absolute atomic E-state index is 3.69. The first kappa shape index (κ1) is 15.3. The van der Waals surface area contributed by atoms with Gasteiger partial charge in [-0.2, -0.15) is 0 Å². The van der Waals surface area contributed by atoms with Crippen LogP contribution >= 0.6 is 0 Å². The number of rotatable bonds is 4. The quantitative estimate of drug-likeness (QED) is 0.820. The van der Waals surface area contributed by atoms with Crippen LogP contribution in [0.2, 0.25) is 0 Å². The van der Waals surface area contributed by atoms with Gasteiger partial charge in [-0.15, -0.1) is 0 Å². The molecule has 1 aliphatic rings. The maximum atomic E-state index is 3.69. The van der Waals surface area contributed by atoms with Crippen molar-refractivity contribution in [3.63, 3.8) is 0 Å². The van der Waals surface area contributed by atoms with Crippen molar-refractivity contribution < 1.29 is 0 Å². The third-order valence-electron chi connectivity index (χ3n) is 5.07. The molecule has 3 rings (SSSR count). The minimum atomic E-state index is 0.0189. The lowest BCUT2D eigenvalue weighted by atomic mass is 9.74. The summed E-state index contributed by atoms with van der Waals surface area (Å²) in [6.45, 7) is 10.1. The third kappa shape index (κ3) is 2.59. The average molecular weight is 293 g/mol. The van der Waals surface area contributed by atoms with Crippen LogP contribution in [0.3, 0.4) is 0 Å². The van der Waals surface area contributed by atoms with Crippen LogP contribution in [0.25, 0.3) is 0 Å². The highest BCUT2D eigenvalue weighted by Gasteiger charge is 2.39. The zero-order valence-corrected chi connectivity index (χ0v) is 14.2. The highest BCUT2D eigenvalue weighted by Crippen LogP contribution is 2.39. The molecule has 1 heterocycles. The largest absolute Gasteiger partial charge is 0.304 e. The molecular formula is C21H27N. The summed E-state index contributed by atoms with van der Waals surface area (Å²) in [5.41, 5.74) is 5.62. The Labute approximate surface area is 134 Å². The minimum Gasteiger partial charge on any atom is -0.304 e. The summed E-state index contributed by atoms with van der Waals surface area (Å²) in [5, 5.41) is 3.69. The zero-order valence-electron chi connectivity index (χ0n) is 14.2. The Bertz CT molecular complexity index is 562. The van der Waals surface area contributed by atoms with Gasteiger partial charge >= 0.3 is 0 Å². The minimum absolute atomic E-state index is 0.0189. The molecule has 1 fully saturated rings. The summed E-state index contributed by atoms with van der Waals surface area (Å²) >= 11 is 0. The van der Waals surface area contributed by atoms with Crippen molar-refractivity contribution in [1.82, 2.24) is 5.32 Å². The number of hydrogen-bond acceptors (Lipinski definition) is 1. The summed E-state index contributed by atoms with van der Waals surface area (Å²) in [5.74, 6) is 1.18. The standard InChI is InChI=1S/C21H27N/c1-15(2)17-5-9-19(10-6-17)21(13-14-22-21)20-11-7-18(8-12-20)16(3)4/h5-12,15-16,22H,13-14H2,1-4H3. The van der Waals surface area contributed by atoms with Crippen molar-refractivity contribution in [2.24, 2.45) is 0 Å². The van der Waals surface area contributed by atoms with Crippen molar-refractivity contribution in [2.75, 3.05) is 6.54 Å². The van der Waals surface area contributed by atoms with Gasteiger partial charge in [0.05, 0.1) is 5.54 Å². The van der Waals surface area contributed by atoms with Gasteiger partial charge in [0.2, 0.25) is 0 Å². The van der Waals surface area contributed by atoms with Gasteiger partial charge in [-0.1, -0.05) is 76.2 Å². The first-order valence-corrected chi connectivity index (χ1v) is 8.49. The molecule has 0 atom stereocenters. The highest BCUT2D eigenvalue weighted by atomic mass is 15.0. The van der Waals surface area contributed by atoms with Crippen molar-refractivity contribution in [2.45, 2.75) is 51.5 Å². The van der Waals surface area contributed by atoms with Crippen LogP contribution in [0.4, 0.5) is 0 Å². The molecule has 1 aliphatic heterocycles. The van der Waals surface area contributed by atoms with Gasteiger partial charge in [0.1, 0.15) is 0 Å². The molecule has 2 aromatic carbocycles. The van der Waals surface area contributed by atoms with Crippen molar-refractivity contribution in [3.05, 3.63) is 70.8 Å². The molecule has 116 valence electrons. The summed E-state index contributed by atoms with van der Waals surface area (Å²) in [6, 6.07) is 18.3. The normalized spacial score (nSPS) is 16.8. The van der Waals surface area contributed by atoms with E-state index in [0.29, 0.717) is 11.8 Å². The van der Waals surface area contributed by atoms with E-state index in [2.05, 4.69) is 81.5 Å². The van der Waals surface area contributed by atoms with Gasteiger partial charge in [-0.05, 0) is 47.1 Å². The molecule has 0 saturated carbocycles. The van der Waals surface area contributed by atoms with Gasteiger partial charge in [0.15, 0.2) is 0 Å². The lowest BCUT2D eigenvalue weighted by Gasteiger charge is -2.44. The van der Waals surface area contributed by atoms with E-state index in [1.807, 2.05) is 0 Å². The molecule has 0 bridgehead atoms. The molecule has 1 saturated heterocycles. The first-order valence-electron chi connectivity index (χ1n) is 8.49. The molecule has 1 nitrogen and oxygen atoms in total. The first-order chi connectivity index (χ1) is 10.5. The molecule has 0 aromatic heterocycles. The van der Waals surface area contributed by atoms with Gasteiger partial charge in [0.25, 0.3) is 0 Å². The van der Waals surface area contributed by atoms with Gasteiger partial charge in [0, 0.05) is 0 Å². The molecule has 2 aromatic rings. The lowest BCUT2D eigenvalue weighted by molar-refractivity contribution is 0.265. The van der Waals surface area contributed by atoms with E-state index in [0.717, 1.165) is 6.54 Å². The summed E-state index contributed by atoms with van der Waals surface area (Å²) in [7, 11) is 0. The maximum Gasteiger partial charge on any atom is 0.0702 e.